The van der Waals surface area contributed by atoms with Crippen molar-refractivity contribution >= 4 is 17.5 Å². The number of pyridine rings is 1. The zero-order chi connectivity index (χ0) is 28.3. The molecule has 1 N–H and O–H groups in total. The number of alkyl halides is 3. The molecule has 3 aliphatic rings. The number of amides is 1. The SMILES string of the molecule is CC1(C)CC(=O)C2=C(C1)N(NC(=O)c1ccncc1)C1=C(C(=O)CC(C)(C)C1)C2c1cccc(C(F)(F)F)c1. The van der Waals surface area contributed by atoms with Gasteiger partial charge in [0, 0.05) is 59.3 Å². The number of allylic oxidation sites excluding steroid dienone is 4. The monoisotopic (exact) mass is 537 g/mol. The molecule has 0 saturated heterocycles. The van der Waals surface area contributed by atoms with Crippen LogP contribution in [-0.2, 0) is 15.8 Å². The van der Waals surface area contributed by atoms with E-state index in [0.29, 0.717) is 29.8 Å². The van der Waals surface area contributed by atoms with Gasteiger partial charge < -0.3 is 0 Å². The van der Waals surface area contributed by atoms with E-state index in [4.69, 9.17) is 0 Å². The van der Waals surface area contributed by atoms with Crippen LogP contribution in [0, 0.1) is 10.8 Å². The Morgan fingerprint density at radius 2 is 1.44 bits per heavy atom. The maximum atomic E-state index is 13.8. The van der Waals surface area contributed by atoms with E-state index >= 15 is 0 Å². The quantitative estimate of drug-likeness (QED) is 0.510. The van der Waals surface area contributed by atoms with Crippen LogP contribution in [0.15, 0.2) is 71.3 Å². The van der Waals surface area contributed by atoms with E-state index in [2.05, 4.69) is 10.4 Å². The lowest BCUT2D eigenvalue weighted by atomic mass is 9.64. The zero-order valence-electron chi connectivity index (χ0n) is 22.3. The molecule has 0 spiro atoms. The molecular formula is C30H30F3N3O3. The van der Waals surface area contributed by atoms with Crippen LogP contribution in [0.5, 0.6) is 0 Å². The number of hydrogen-bond acceptors (Lipinski definition) is 5. The molecule has 39 heavy (non-hydrogen) atoms. The molecule has 0 atom stereocenters. The predicted molar refractivity (Wildman–Crippen MR) is 138 cm³/mol. The number of ketones is 2. The molecule has 2 heterocycles. The molecule has 6 nitrogen and oxygen atoms in total. The molecule has 1 aromatic heterocycles. The Hall–Kier alpha value is -3.75. The van der Waals surface area contributed by atoms with E-state index in [1.807, 2.05) is 27.7 Å². The molecule has 0 radical (unpaired) electrons. The Bertz CT molecular complexity index is 1380. The second-order valence-electron chi connectivity index (χ2n) is 12.2. The maximum absolute atomic E-state index is 13.8. The molecule has 0 bridgehead atoms. The third kappa shape index (κ3) is 5.02. The summed E-state index contributed by atoms with van der Waals surface area (Å²) < 4.78 is 41.1. The Labute approximate surface area is 225 Å². The van der Waals surface area contributed by atoms with Gasteiger partial charge in [-0.3, -0.25) is 29.8 Å². The number of nitrogens with zero attached hydrogens (tertiary/aromatic N) is 2. The fourth-order valence-electron chi connectivity index (χ4n) is 6.00. The van der Waals surface area contributed by atoms with Gasteiger partial charge in [-0.15, -0.1) is 0 Å². The minimum atomic E-state index is -4.58. The number of nitrogens with one attached hydrogen (secondary N) is 1. The third-order valence-corrected chi connectivity index (χ3v) is 7.61. The van der Waals surface area contributed by atoms with Crippen molar-refractivity contribution < 1.29 is 27.6 Å². The minimum absolute atomic E-state index is 0.176. The Balaban J connectivity index is 1.74. The highest BCUT2D eigenvalue weighted by atomic mass is 19.4. The van der Waals surface area contributed by atoms with Crippen LogP contribution < -0.4 is 5.43 Å². The fraction of sp³-hybridized carbons (Fsp3) is 0.400. The second kappa shape index (κ2) is 9.17. The molecule has 204 valence electrons. The summed E-state index contributed by atoms with van der Waals surface area (Å²) >= 11 is 0. The van der Waals surface area contributed by atoms with Gasteiger partial charge in [-0.25, -0.2) is 0 Å². The van der Waals surface area contributed by atoms with E-state index < -0.39 is 34.4 Å². The average molecular weight is 538 g/mol. The summed E-state index contributed by atoms with van der Waals surface area (Å²) in [5, 5.41) is 1.58. The van der Waals surface area contributed by atoms with Crippen LogP contribution >= 0.6 is 0 Å². The van der Waals surface area contributed by atoms with Crippen LogP contribution in [0.2, 0.25) is 0 Å². The Kier molecular flexibility index (Phi) is 6.31. The summed E-state index contributed by atoms with van der Waals surface area (Å²) in [6.07, 6.45) is -0.460. The highest BCUT2D eigenvalue weighted by molar-refractivity contribution is 6.07. The van der Waals surface area contributed by atoms with Crippen molar-refractivity contribution in [1.82, 2.24) is 15.4 Å². The fourth-order valence-corrected chi connectivity index (χ4v) is 6.00. The van der Waals surface area contributed by atoms with Gasteiger partial charge >= 0.3 is 6.18 Å². The molecule has 5 rings (SSSR count). The van der Waals surface area contributed by atoms with Gasteiger partial charge in [0.15, 0.2) is 11.6 Å². The van der Waals surface area contributed by atoms with Crippen LogP contribution in [0.25, 0.3) is 0 Å². The summed E-state index contributed by atoms with van der Waals surface area (Å²) in [6, 6.07) is 7.98. The summed E-state index contributed by atoms with van der Waals surface area (Å²) in [5.41, 5.74) is 3.34. The van der Waals surface area contributed by atoms with E-state index in [1.54, 1.807) is 23.2 Å². The van der Waals surface area contributed by atoms with Crippen molar-refractivity contribution in [3.63, 3.8) is 0 Å². The molecule has 0 fully saturated rings. The van der Waals surface area contributed by atoms with Gasteiger partial charge in [0.05, 0.1) is 5.56 Å². The zero-order valence-corrected chi connectivity index (χ0v) is 22.3. The number of carbonyl (C=O) groups is 3. The molecule has 2 aromatic rings. The average Bonchev–Trinajstić information content (AvgIpc) is 2.83. The van der Waals surface area contributed by atoms with Crippen LogP contribution in [-0.4, -0.2) is 27.5 Å². The first kappa shape index (κ1) is 26.8. The lowest BCUT2D eigenvalue weighted by Crippen LogP contribution is -2.50. The molecular weight excluding hydrogens is 507 g/mol. The summed E-state index contributed by atoms with van der Waals surface area (Å²) in [6.45, 7) is 7.76. The topological polar surface area (TPSA) is 79.4 Å². The summed E-state index contributed by atoms with van der Waals surface area (Å²) in [5.74, 6) is -1.87. The number of hydrazine groups is 1. The number of carbonyl (C=O) groups excluding carboxylic acids is 3. The third-order valence-electron chi connectivity index (χ3n) is 7.61. The number of benzene rings is 1. The highest BCUT2D eigenvalue weighted by Gasteiger charge is 2.49. The van der Waals surface area contributed by atoms with Gasteiger partial charge in [0.1, 0.15) is 0 Å². The smallest absolute Gasteiger partial charge is 0.294 e. The first-order chi connectivity index (χ1) is 18.2. The molecule has 1 aliphatic heterocycles. The van der Waals surface area contributed by atoms with Gasteiger partial charge in [0.2, 0.25) is 0 Å². The van der Waals surface area contributed by atoms with Crippen molar-refractivity contribution in [3.05, 3.63) is 88.0 Å². The lowest BCUT2D eigenvalue weighted by molar-refractivity contribution is -0.137. The number of halogens is 3. The number of Topliss-reactive ketones (excluding diaryl/α,β-unsaturated/α-hetero) is 2. The van der Waals surface area contributed by atoms with Crippen molar-refractivity contribution in [2.24, 2.45) is 10.8 Å². The summed E-state index contributed by atoms with van der Waals surface area (Å²) in [4.78, 5) is 44.8. The van der Waals surface area contributed by atoms with Crippen molar-refractivity contribution in [2.75, 3.05) is 0 Å². The van der Waals surface area contributed by atoms with Gasteiger partial charge in [-0.05, 0) is 47.4 Å². The molecule has 2 aliphatic carbocycles. The molecule has 9 heteroatoms. The van der Waals surface area contributed by atoms with E-state index in [9.17, 15) is 27.6 Å². The predicted octanol–water partition coefficient (Wildman–Crippen LogP) is 6.13. The number of aromatic nitrogens is 1. The molecule has 1 aromatic carbocycles. The van der Waals surface area contributed by atoms with Gasteiger partial charge in [0.25, 0.3) is 5.91 Å². The van der Waals surface area contributed by atoms with Gasteiger partial charge in [-0.2, -0.15) is 13.2 Å². The van der Waals surface area contributed by atoms with E-state index in [0.717, 1.165) is 12.1 Å². The number of rotatable bonds is 3. The standard InChI is InChI=1S/C30H30F3N3O3/c1-28(2)13-20-25(22(37)15-28)24(18-6-5-7-19(12-18)30(31,32)33)26-21(14-29(3,4)16-23(26)38)36(20)35-27(39)17-8-10-34-11-9-17/h5-12,24H,13-16H2,1-4H3,(H,35,39). The summed E-state index contributed by atoms with van der Waals surface area (Å²) in [7, 11) is 0. The van der Waals surface area contributed by atoms with Crippen molar-refractivity contribution in [3.8, 4) is 0 Å². The Morgan fingerprint density at radius 3 is 1.95 bits per heavy atom. The first-order valence-electron chi connectivity index (χ1n) is 12.9. The minimum Gasteiger partial charge on any atom is -0.294 e. The first-order valence-corrected chi connectivity index (χ1v) is 12.9. The highest BCUT2D eigenvalue weighted by Crippen LogP contribution is 2.54. The van der Waals surface area contributed by atoms with Crippen LogP contribution in [0.4, 0.5) is 13.2 Å². The molecule has 0 unspecified atom stereocenters. The van der Waals surface area contributed by atoms with Crippen LogP contribution in [0.1, 0.15) is 80.8 Å². The lowest BCUT2D eigenvalue weighted by Gasteiger charge is -2.48. The van der Waals surface area contributed by atoms with Crippen molar-refractivity contribution in [1.29, 1.82) is 0 Å². The normalized spacial score (nSPS) is 21.1. The molecule has 1 amide bonds. The second-order valence-corrected chi connectivity index (χ2v) is 12.2. The van der Waals surface area contributed by atoms with Gasteiger partial charge in [-0.1, -0.05) is 45.9 Å². The maximum Gasteiger partial charge on any atom is 0.416 e. The van der Waals surface area contributed by atoms with E-state index in [-0.39, 0.29) is 41.1 Å². The Morgan fingerprint density at radius 1 is 0.897 bits per heavy atom. The number of hydrogen-bond donors (Lipinski definition) is 1. The van der Waals surface area contributed by atoms with E-state index in [1.165, 1.54) is 18.5 Å². The largest absolute Gasteiger partial charge is 0.416 e. The van der Waals surface area contributed by atoms with Crippen molar-refractivity contribution in [2.45, 2.75) is 65.5 Å². The molecule has 0 saturated carbocycles. The van der Waals surface area contributed by atoms with Crippen LogP contribution in [0.3, 0.4) is 0 Å².